The average molecular weight is 464 g/mol. The van der Waals surface area contributed by atoms with Gasteiger partial charge < -0.3 is 24.0 Å². The zero-order chi connectivity index (χ0) is 23.6. The van der Waals surface area contributed by atoms with Gasteiger partial charge in [-0.25, -0.2) is 22.4 Å². The number of likely N-dealkylation sites (tertiary alicyclic amines) is 1. The van der Waals surface area contributed by atoms with Crippen LogP contribution in [0.1, 0.15) is 51.0 Å². The summed E-state index contributed by atoms with van der Waals surface area (Å²) in [5.41, 5.74) is -2.84. The van der Waals surface area contributed by atoms with Crippen LogP contribution >= 0.6 is 0 Å². The number of carbonyl (C=O) groups is 2. The maximum atomic E-state index is 15.1. The molecule has 0 aliphatic carbocycles. The van der Waals surface area contributed by atoms with Gasteiger partial charge in [0.2, 0.25) is 10.9 Å². The molecule has 31 heavy (non-hydrogen) atoms. The van der Waals surface area contributed by atoms with Gasteiger partial charge in [0, 0.05) is 26.3 Å². The molecule has 12 heteroatoms. The number of piperidine rings is 1. The van der Waals surface area contributed by atoms with Crippen molar-refractivity contribution >= 4 is 28.6 Å². The molecule has 10 nitrogen and oxygen atoms in total. The first kappa shape index (κ1) is 24.9. The third-order valence-electron chi connectivity index (χ3n) is 5.05. The molecule has 0 saturated carbocycles. The van der Waals surface area contributed by atoms with Gasteiger partial charge in [0.15, 0.2) is 11.5 Å². The quantitative estimate of drug-likeness (QED) is 0.484. The van der Waals surface area contributed by atoms with Gasteiger partial charge in [-0.05, 0) is 40.5 Å². The number of thiol groups is 1. The van der Waals surface area contributed by atoms with Crippen molar-refractivity contribution in [2.24, 2.45) is 7.05 Å². The number of aromatic nitrogens is 1. The fourth-order valence-corrected chi connectivity index (χ4v) is 4.47. The Morgan fingerprint density at radius 3 is 2.32 bits per heavy atom. The van der Waals surface area contributed by atoms with Crippen molar-refractivity contribution < 1.29 is 37.0 Å². The summed E-state index contributed by atoms with van der Waals surface area (Å²) in [7, 11) is -1.98. The van der Waals surface area contributed by atoms with Crippen molar-refractivity contribution in [3.05, 3.63) is 17.7 Å². The van der Waals surface area contributed by atoms with Crippen LogP contribution in [0.15, 0.2) is 6.20 Å². The summed E-state index contributed by atoms with van der Waals surface area (Å²) in [6.07, 6.45) is 0.724. The zero-order valence-electron chi connectivity index (χ0n) is 18.4. The third kappa shape index (κ3) is 5.29. The highest BCUT2D eigenvalue weighted by Gasteiger charge is 2.45. The highest BCUT2D eigenvalue weighted by molar-refractivity contribution is 7.74. The van der Waals surface area contributed by atoms with E-state index in [2.05, 4.69) is 0 Å². The van der Waals surface area contributed by atoms with Crippen LogP contribution in [0, 0.1) is 5.82 Å². The molecule has 1 aliphatic heterocycles. The van der Waals surface area contributed by atoms with E-state index in [1.807, 2.05) is 0 Å². The van der Waals surface area contributed by atoms with Gasteiger partial charge in [0.25, 0.3) is 0 Å². The Bertz CT molecular complexity index is 891. The number of halogens is 1. The minimum absolute atomic E-state index is 0.0272. The molecule has 1 fully saturated rings. The van der Waals surface area contributed by atoms with Crippen molar-refractivity contribution in [2.45, 2.75) is 51.7 Å². The van der Waals surface area contributed by atoms with Gasteiger partial charge >= 0.3 is 12.1 Å². The standard InChI is InChI=1S/C19H30FN3O7S/c1-6-29-16(25)15-14(20)13(11-21(15)5)23(31(27)28)19(12-24)7-9-22(10-8-19)17(26)30-18(2,3)4/h11,24,31H,6-10,12H2,1-5H3. The number of amides is 1. The van der Waals surface area contributed by atoms with E-state index in [1.165, 1.54) is 18.1 Å². The number of esters is 1. The largest absolute Gasteiger partial charge is 0.461 e. The minimum atomic E-state index is -3.38. The third-order valence-corrected chi connectivity index (χ3v) is 6.02. The van der Waals surface area contributed by atoms with Gasteiger partial charge in [-0.1, -0.05) is 0 Å². The highest BCUT2D eigenvalue weighted by Crippen LogP contribution is 2.36. The number of hydrogen-bond acceptors (Lipinski definition) is 7. The number of aliphatic hydroxyl groups is 1. The lowest BCUT2D eigenvalue weighted by Crippen LogP contribution is -2.58. The topological polar surface area (TPSA) is 118 Å². The molecule has 2 heterocycles. The fourth-order valence-electron chi connectivity index (χ4n) is 3.55. The molecule has 176 valence electrons. The maximum absolute atomic E-state index is 15.1. The fraction of sp³-hybridized carbons (Fsp3) is 0.684. The highest BCUT2D eigenvalue weighted by atomic mass is 32.2. The van der Waals surface area contributed by atoms with Gasteiger partial charge in [-0.2, -0.15) is 0 Å². The van der Waals surface area contributed by atoms with Crippen molar-refractivity contribution in [2.75, 3.05) is 30.6 Å². The molecule has 0 spiro atoms. The van der Waals surface area contributed by atoms with Crippen LogP contribution in [-0.2, 0) is 27.4 Å². The molecule has 1 aromatic heterocycles. The predicted molar refractivity (Wildman–Crippen MR) is 111 cm³/mol. The summed E-state index contributed by atoms with van der Waals surface area (Å²) in [6.45, 7) is 6.41. The van der Waals surface area contributed by atoms with Crippen molar-refractivity contribution in [3.8, 4) is 0 Å². The van der Waals surface area contributed by atoms with E-state index in [0.29, 0.717) is 0 Å². The first-order valence-electron chi connectivity index (χ1n) is 9.92. The van der Waals surface area contributed by atoms with Crippen LogP contribution in [0.5, 0.6) is 0 Å². The minimum Gasteiger partial charge on any atom is -0.461 e. The SMILES string of the molecule is CCOC(=O)c1c(F)c(N([SH](=O)=O)C2(CO)CCN(C(=O)OC(C)(C)C)CC2)cn1C. The molecular formula is C19H30FN3O7S. The first-order chi connectivity index (χ1) is 14.4. The van der Waals surface area contributed by atoms with Crippen molar-refractivity contribution in [1.82, 2.24) is 9.47 Å². The summed E-state index contributed by atoms with van der Waals surface area (Å²) in [6, 6.07) is 0. The average Bonchev–Trinajstić information content (AvgIpc) is 2.94. The molecule has 0 radical (unpaired) electrons. The number of anilines is 1. The number of hydrogen-bond donors (Lipinski definition) is 2. The Morgan fingerprint density at radius 1 is 1.29 bits per heavy atom. The molecule has 1 aliphatic rings. The second kappa shape index (κ2) is 9.43. The van der Waals surface area contributed by atoms with E-state index >= 15 is 4.39 Å². The van der Waals surface area contributed by atoms with Crippen molar-refractivity contribution in [3.63, 3.8) is 0 Å². The zero-order valence-corrected chi connectivity index (χ0v) is 19.3. The molecule has 2 rings (SSSR count). The Morgan fingerprint density at radius 2 is 1.87 bits per heavy atom. The number of aryl methyl sites for hydroxylation is 1. The molecule has 0 bridgehead atoms. The van der Waals surface area contributed by atoms with Gasteiger partial charge in [-0.15, -0.1) is 0 Å². The normalized spacial score (nSPS) is 16.3. The Hall–Kier alpha value is -2.34. The van der Waals surface area contributed by atoms with Gasteiger partial charge in [0.05, 0.1) is 18.8 Å². The molecule has 1 saturated heterocycles. The van der Waals surface area contributed by atoms with E-state index in [9.17, 15) is 23.1 Å². The predicted octanol–water partition coefficient (Wildman–Crippen LogP) is 1.44. The smallest absolute Gasteiger partial charge is 0.410 e. The van der Waals surface area contributed by atoms with E-state index in [1.54, 1.807) is 27.7 Å². The van der Waals surface area contributed by atoms with Crippen LogP contribution < -0.4 is 4.31 Å². The Kier molecular flexibility index (Phi) is 7.58. The number of ether oxygens (including phenoxy) is 2. The lowest BCUT2D eigenvalue weighted by Gasteiger charge is -2.45. The molecular weight excluding hydrogens is 433 g/mol. The number of carbonyl (C=O) groups excluding carboxylic acids is 2. The van der Waals surface area contributed by atoms with E-state index in [-0.39, 0.29) is 38.2 Å². The van der Waals surface area contributed by atoms with Gasteiger partial charge in [-0.3, -0.25) is 4.31 Å². The second-order valence-electron chi connectivity index (χ2n) is 8.41. The summed E-state index contributed by atoms with van der Waals surface area (Å²) in [4.78, 5) is 25.8. The maximum Gasteiger partial charge on any atom is 0.410 e. The Labute approximate surface area is 182 Å². The molecule has 1 aromatic rings. The lowest BCUT2D eigenvalue weighted by atomic mass is 9.88. The van der Waals surface area contributed by atoms with Gasteiger partial charge in [0.1, 0.15) is 11.3 Å². The van der Waals surface area contributed by atoms with E-state index < -0.39 is 52.2 Å². The number of rotatable bonds is 6. The molecule has 0 atom stereocenters. The monoisotopic (exact) mass is 463 g/mol. The second-order valence-corrected chi connectivity index (χ2v) is 9.28. The van der Waals surface area contributed by atoms with Crippen LogP contribution in [0.2, 0.25) is 0 Å². The summed E-state index contributed by atoms with van der Waals surface area (Å²) in [5.74, 6) is -1.98. The van der Waals surface area contributed by atoms with Crippen LogP contribution in [0.3, 0.4) is 0 Å². The molecule has 1 N–H and O–H groups in total. The molecule has 0 aromatic carbocycles. The number of nitrogens with zero attached hydrogens (tertiary/aromatic N) is 3. The lowest BCUT2D eigenvalue weighted by molar-refractivity contribution is 0.0136. The summed E-state index contributed by atoms with van der Waals surface area (Å²) < 4.78 is 51.6. The summed E-state index contributed by atoms with van der Waals surface area (Å²) in [5, 5.41) is 10.1. The van der Waals surface area contributed by atoms with Crippen LogP contribution in [0.4, 0.5) is 14.9 Å². The Balaban J connectivity index is 2.36. The van der Waals surface area contributed by atoms with Crippen molar-refractivity contribution in [1.29, 1.82) is 0 Å². The first-order valence-corrected chi connectivity index (χ1v) is 11.0. The van der Waals surface area contributed by atoms with Crippen LogP contribution in [0.25, 0.3) is 0 Å². The van der Waals surface area contributed by atoms with E-state index in [0.717, 1.165) is 8.87 Å². The molecule has 0 unspecified atom stereocenters. The number of aliphatic hydroxyl groups excluding tert-OH is 1. The molecule has 1 amide bonds. The summed E-state index contributed by atoms with van der Waals surface area (Å²) >= 11 is 0. The van der Waals surface area contributed by atoms with Crippen LogP contribution in [-0.4, -0.2) is 72.5 Å². The van der Waals surface area contributed by atoms with E-state index in [4.69, 9.17) is 9.47 Å².